The molecule has 1 aliphatic rings. The van der Waals surface area contributed by atoms with E-state index in [0.717, 1.165) is 24.3 Å². The lowest BCUT2D eigenvalue weighted by molar-refractivity contribution is -0.387. The molecule has 0 bridgehead atoms. The first-order chi connectivity index (χ1) is 12.5. The summed E-state index contributed by atoms with van der Waals surface area (Å²) in [6.45, 7) is 3.08. The van der Waals surface area contributed by atoms with Gasteiger partial charge in [0.05, 0.1) is 18.1 Å². The van der Waals surface area contributed by atoms with Gasteiger partial charge in [-0.05, 0) is 23.8 Å². The van der Waals surface area contributed by atoms with Crippen molar-refractivity contribution in [3.05, 3.63) is 64.2 Å². The molecule has 26 heavy (non-hydrogen) atoms. The number of hydrogen-bond donors (Lipinski definition) is 1. The van der Waals surface area contributed by atoms with Gasteiger partial charge in [-0.15, -0.1) is 0 Å². The van der Waals surface area contributed by atoms with Crippen LogP contribution >= 0.6 is 0 Å². The number of nitro benzene ring substituents is 1. The first-order valence-corrected chi connectivity index (χ1v) is 9.60. The third kappa shape index (κ3) is 4.18. The van der Waals surface area contributed by atoms with Crippen LogP contribution in [0.15, 0.2) is 53.4 Å². The number of para-hydroxylation sites is 1. The monoisotopic (exact) mass is 377 g/mol. The van der Waals surface area contributed by atoms with Crippen molar-refractivity contribution in [3.8, 4) is 0 Å². The van der Waals surface area contributed by atoms with Gasteiger partial charge in [-0.25, -0.2) is 13.1 Å². The molecule has 2 aromatic carbocycles. The Balaban J connectivity index is 1.69. The summed E-state index contributed by atoms with van der Waals surface area (Å²) >= 11 is 0. The van der Waals surface area contributed by atoms with E-state index in [1.165, 1.54) is 24.3 Å². The highest BCUT2D eigenvalue weighted by Crippen LogP contribution is 2.23. The van der Waals surface area contributed by atoms with Gasteiger partial charge in [0.1, 0.15) is 0 Å². The molecule has 1 fully saturated rings. The maximum atomic E-state index is 12.4. The lowest BCUT2D eigenvalue weighted by Crippen LogP contribution is -2.36. The van der Waals surface area contributed by atoms with E-state index in [1.54, 1.807) is 0 Å². The molecule has 0 spiro atoms. The number of nitro groups is 1. The van der Waals surface area contributed by atoms with Gasteiger partial charge >= 0.3 is 0 Å². The van der Waals surface area contributed by atoms with Gasteiger partial charge in [0.15, 0.2) is 4.90 Å². The van der Waals surface area contributed by atoms with E-state index < -0.39 is 20.6 Å². The van der Waals surface area contributed by atoms with Gasteiger partial charge in [0, 0.05) is 31.4 Å². The molecule has 0 unspecified atom stereocenters. The van der Waals surface area contributed by atoms with Crippen molar-refractivity contribution in [1.82, 2.24) is 4.72 Å². The number of sulfonamides is 1. The van der Waals surface area contributed by atoms with Crippen LogP contribution in [-0.4, -0.2) is 39.6 Å². The average Bonchev–Trinajstić information content (AvgIpc) is 2.67. The van der Waals surface area contributed by atoms with Crippen LogP contribution in [-0.2, 0) is 21.3 Å². The zero-order valence-corrected chi connectivity index (χ0v) is 14.8. The van der Waals surface area contributed by atoms with Gasteiger partial charge in [0.25, 0.3) is 5.69 Å². The summed E-state index contributed by atoms with van der Waals surface area (Å²) < 4.78 is 32.6. The van der Waals surface area contributed by atoms with Crippen LogP contribution in [0.4, 0.5) is 11.4 Å². The van der Waals surface area contributed by atoms with Crippen molar-refractivity contribution in [3.63, 3.8) is 0 Å². The molecule has 8 nitrogen and oxygen atoms in total. The minimum Gasteiger partial charge on any atom is -0.378 e. The molecule has 138 valence electrons. The maximum absolute atomic E-state index is 12.4. The van der Waals surface area contributed by atoms with Crippen molar-refractivity contribution < 1.29 is 18.1 Å². The summed E-state index contributed by atoms with van der Waals surface area (Å²) in [5, 5.41) is 11.0. The number of ether oxygens (including phenoxy) is 1. The molecule has 0 aliphatic carbocycles. The predicted octanol–water partition coefficient (Wildman–Crippen LogP) is 1.91. The Morgan fingerprint density at radius 1 is 1.08 bits per heavy atom. The Kier molecular flexibility index (Phi) is 5.50. The van der Waals surface area contributed by atoms with Gasteiger partial charge in [-0.1, -0.05) is 24.3 Å². The van der Waals surface area contributed by atoms with E-state index in [4.69, 9.17) is 4.74 Å². The van der Waals surface area contributed by atoms with Crippen LogP contribution in [0.1, 0.15) is 5.56 Å². The molecule has 0 amide bonds. The highest BCUT2D eigenvalue weighted by molar-refractivity contribution is 7.89. The quantitative estimate of drug-likeness (QED) is 0.609. The molecule has 1 saturated heterocycles. The molecule has 1 aliphatic heterocycles. The SMILES string of the molecule is O=[N+]([O-])c1ccccc1S(=O)(=O)NCc1ccc(N2CCOCC2)cc1. The fourth-order valence-electron chi connectivity index (χ4n) is 2.74. The first kappa shape index (κ1) is 18.3. The number of anilines is 1. The third-order valence-electron chi connectivity index (χ3n) is 4.13. The fraction of sp³-hybridized carbons (Fsp3) is 0.294. The molecule has 0 radical (unpaired) electrons. The highest BCUT2D eigenvalue weighted by Gasteiger charge is 2.24. The van der Waals surface area contributed by atoms with E-state index in [2.05, 4.69) is 9.62 Å². The summed E-state index contributed by atoms with van der Waals surface area (Å²) in [5.41, 5.74) is 1.38. The third-order valence-corrected chi connectivity index (χ3v) is 5.58. The zero-order valence-electron chi connectivity index (χ0n) is 14.0. The van der Waals surface area contributed by atoms with Crippen molar-refractivity contribution in [2.45, 2.75) is 11.4 Å². The van der Waals surface area contributed by atoms with Crippen LogP contribution in [0.25, 0.3) is 0 Å². The number of nitrogens with zero attached hydrogens (tertiary/aromatic N) is 2. The molecule has 0 atom stereocenters. The molecule has 1 N–H and O–H groups in total. The molecule has 1 heterocycles. The van der Waals surface area contributed by atoms with Crippen LogP contribution in [0.3, 0.4) is 0 Å². The molecule has 2 aromatic rings. The Labute approximate surface area is 151 Å². The zero-order chi connectivity index (χ0) is 18.6. The van der Waals surface area contributed by atoms with E-state index in [9.17, 15) is 18.5 Å². The van der Waals surface area contributed by atoms with Crippen LogP contribution < -0.4 is 9.62 Å². The minimum atomic E-state index is -3.98. The van der Waals surface area contributed by atoms with Gasteiger partial charge in [-0.3, -0.25) is 10.1 Å². The lowest BCUT2D eigenvalue weighted by Gasteiger charge is -2.28. The van der Waals surface area contributed by atoms with Gasteiger partial charge in [0.2, 0.25) is 10.0 Å². The number of morpholine rings is 1. The predicted molar refractivity (Wildman–Crippen MR) is 96.6 cm³/mol. The topological polar surface area (TPSA) is 102 Å². The second-order valence-electron chi connectivity index (χ2n) is 5.82. The van der Waals surface area contributed by atoms with E-state index in [1.807, 2.05) is 24.3 Å². The summed E-state index contributed by atoms with van der Waals surface area (Å²) in [6.07, 6.45) is 0. The van der Waals surface area contributed by atoms with Gasteiger partial charge in [-0.2, -0.15) is 0 Å². The largest absolute Gasteiger partial charge is 0.378 e. The second kappa shape index (κ2) is 7.81. The number of nitrogens with one attached hydrogen (secondary N) is 1. The Morgan fingerprint density at radius 2 is 1.73 bits per heavy atom. The van der Waals surface area contributed by atoms with Crippen molar-refractivity contribution in [2.75, 3.05) is 31.2 Å². The minimum absolute atomic E-state index is 0.0533. The maximum Gasteiger partial charge on any atom is 0.289 e. The van der Waals surface area contributed by atoms with Crippen molar-refractivity contribution >= 4 is 21.4 Å². The number of benzene rings is 2. The van der Waals surface area contributed by atoms with Crippen molar-refractivity contribution in [2.24, 2.45) is 0 Å². The number of rotatable bonds is 6. The smallest absolute Gasteiger partial charge is 0.289 e. The summed E-state index contributed by atoms with van der Waals surface area (Å²) in [5.74, 6) is 0. The Hall–Kier alpha value is -2.49. The standard InChI is InChI=1S/C17H19N3O5S/c21-20(22)16-3-1-2-4-17(16)26(23,24)18-13-14-5-7-15(8-6-14)19-9-11-25-12-10-19/h1-8,18H,9-13H2. The summed E-state index contributed by atoms with van der Waals surface area (Å²) in [4.78, 5) is 12.2. The van der Waals surface area contributed by atoms with E-state index in [0.29, 0.717) is 13.2 Å². The number of hydrogen-bond acceptors (Lipinski definition) is 6. The first-order valence-electron chi connectivity index (χ1n) is 8.12. The molecule has 0 aromatic heterocycles. The summed E-state index contributed by atoms with van der Waals surface area (Å²) in [7, 11) is -3.98. The molecular formula is C17H19N3O5S. The Bertz CT molecular complexity index is 878. The van der Waals surface area contributed by atoms with Crippen molar-refractivity contribution in [1.29, 1.82) is 0 Å². The summed E-state index contributed by atoms with van der Waals surface area (Å²) in [6, 6.07) is 12.8. The van der Waals surface area contributed by atoms with Gasteiger partial charge < -0.3 is 9.64 Å². The van der Waals surface area contributed by atoms with Crippen LogP contribution in [0, 0.1) is 10.1 Å². The van der Waals surface area contributed by atoms with E-state index in [-0.39, 0.29) is 11.4 Å². The molecular weight excluding hydrogens is 358 g/mol. The fourth-order valence-corrected chi connectivity index (χ4v) is 3.93. The second-order valence-corrected chi connectivity index (χ2v) is 7.55. The molecule has 3 rings (SSSR count). The molecule has 0 saturated carbocycles. The van der Waals surface area contributed by atoms with E-state index >= 15 is 0 Å². The van der Waals surface area contributed by atoms with Crippen LogP contribution in [0.5, 0.6) is 0 Å². The molecule has 9 heteroatoms. The Morgan fingerprint density at radius 3 is 2.38 bits per heavy atom. The highest BCUT2D eigenvalue weighted by atomic mass is 32.2. The normalized spacial score (nSPS) is 15.0. The lowest BCUT2D eigenvalue weighted by atomic mass is 10.2. The van der Waals surface area contributed by atoms with Crippen LogP contribution in [0.2, 0.25) is 0 Å². The average molecular weight is 377 g/mol.